The molecule has 2 aromatic carbocycles. The molecule has 2 aromatic rings. The van der Waals surface area contributed by atoms with Crippen LogP contribution in [0.2, 0.25) is 0 Å². The highest BCUT2D eigenvalue weighted by molar-refractivity contribution is 9.10. The molecule has 0 aliphatic heterocycles. The minimum Gasteiger partial charge on any atom is -0.479 e. The van der Waals surface area contributed by atoms with Gasteiger partial charge in [0.1, 0.15) is 5.82 Å². The van der Waals surface area contributed by atoms with Gasteiger partial charge in [0.15, 0.2) is 5.54 Å². The molecule has 5 heteroatoms. The lowest BCUT2D eigenvalue weighted by Crippen LogP contribution is -2.40. The number of hydrogen-bond acceptors (Lipinski definition) is 2. The van der Waals surface area contributed by atoms with Crippen molar-refractivity contribution in [3.63, 3.8) is 0 Å². The van der Waals surface area contributed by atoms with Crippen LogP contribution in [0, 0.1) is 5.82 Å². The lowest BCUT2D eigenvalue weighted by Gasteiger charge is -2.28. The Kier molecular flexibility index (Phi) is 4.09. The molecule has 2 N–H and O–H groups in total. The first kappa shape index (κ1) is 14.5. The van der Waals surface area contributed by atoms with Crippen LogP contribution < -0.4 is 5.32 Å². The molecular formula is C15H13BrFNO2. The summed E-state index contributed by atoms with van der Waals surface area (Å²) in [5, 5.41) is 12.3. The normalized spacial score (nSPS) is 13.6. The molecule has 0 fully saturated rings. The van der Waals surface area contributed by atoms with Crippen LogP contribution in [-0.2, 0) is 10.3 Å². The molecule has 20 heavy (non-hydrogen) atoms. The van der Waals surface area contributed by atoms with E-state index in [1.54, 1.807) is 36.4 Å². The van der Waals surface area contributed by atoms with Gasteiger partial charge in [0.05, 0.1) is 5.69 Å². The Bertz CT molecular complexity index is 647. The number of anilines is 1. The third-order valence-electron chi connectivity index (χ3n) is 3.09. The highest BCUT2D eigenvalue weighted by Gasteiger charge is 2.35. The van der Waals surface area contributed by atoms with E-state index in [0.29, 0.717) is 5.56 Å². The molecule has 3 nitrogen and oxygen atoms in total. The fourth-order valence-corrected chi connectivity index (χ4v) is 2.28. The molecule has 104 valence electrons. The summed E-state index contributed by atoms with van der Waals surface area (Å²) in [5.74, 6) is -1.58. The van der Waals surface area contributed by atoms with Gasteiger partial charge in [0.2, 0.25) is 0 Å². The number of hydrogen-bond donors (Lipinski definition) is 2. The number of aliphatic carboxylic acids is 1. The molecule has 0 aliphatic rings. The standard InChI is InChI=1S/C15H13BrFNO2/c1-15(14(19)20,10-5-4-6-11(16)9-10)18-13-8-3-2-7-12(13)17/h2-9,18H,1H3,(H,19,20). The van der Waals surface area contributed by atoms with Crippen LogP contribution in [0.3, 0.4) is 0 Å². The van der Waals surface area contributed by atoms with Crippen LogP contribution in [0.25, 0.3) is 0 Å². The monoisotopic (exact) mass is 337 g/mol. The van der Waals surface area contributed by atoms with E-state index < -0.39 is 17.3 Å². The van der Waals surface area contributed by atoms with Gasteiger partial charge in [-0.25, -0.2) is 9.18 Å². The van der Waals surface area contributed by atoms with E-state index >= 15 is 0 Å². The SMILES string of the molecule is CC(Nc1ccccc1F)(C(=O)O)c1cccc(Br)c1. The Morgan fingerprint density at radius 2 is 1.95 bits per heavy atom. The summed E-state index contributed by atoms with van der Waals surface area (Å²) in [6, 6.07) is 12.9. The third-order valence-corrected chi connectivity index (χ3v) is 3.58. The Balaban J connectivity index is 2.46. The average Bonchev–Trinajstić information content (AvgIpc) is 2.41. The summed E-state index contributed by atoms with van der Waals surface area (Å²) in [6.45, 7) is 1.50. The zero-order valence-electron chi connectivity index (χ0n) is 10.7. The second-order valence-electron chi connectivity index (χ2n) is 4.55. The molecule has 0 aromatic heterocycles. The van der Waals surface area contributed by atoms with Gasteiger partial charge in [-0.1, -0.05) is 40.2 Å². The van der Waals surface area contributed by atoms with Crippen LogP contribution in [-0.4, -0.2) is 11.1 Å². The molecule has 1 atom stereocenters. The Morgan fingerprint density at radius 1 is 1.25 bits per heavy atom. The number of para-hydroxylation sites is 1. The largest absolute Gasteiger partial charge is 0.479 e. The van der Waals surface area contributed by atoms with Crippen molar-refractivity contribution in [1.29, 1.82) is 0 Å². The van der Waals surface area contributed by atoms with Gasteiger partial charge in [0.25, 0.3) is 0 Å². The summed E-state index contributed by atoms with van der Waals surface area (Å²) < 4.78 is 14.5. The van der Waals surface area contributed by atoms with Gasteiger partial charge in [0, 0.05) is 4.47 Å². The molecule has 0 saturated heterocycles. The predicted molar refractivity (Wildman–Crippen MR) is 79.2 cm³/mol. The van der Waals surface area contributed by atoms with Crippen molar-refractivity contribution in [1.82, 2.24) is 0 Å². The van der Waals surface area contributed by atoms with Crippen LogP contribution >= 0.6 is 15.9 Å². The highest BCUT2D eigenvalue weighted by Crippen LogP contribution is 2.29. The van der Waals surface area contributed by atoms with Crippen molar-refractivity contribution in [3.8, 4) is 0 Å². The van der Waals surface area contributed by atoms with Crippen LogP contribution in [0.4, 0.5) is 10.1 Å². The zero-order chi connectivity index (χ0) is 14.8. The van der Waals surface area contributed by atoms with Crippen molar-refractivity contribution in [2.45, 2.75) is 12.5 Å². The molecular weight excluding hydrogens is 325 g/mol. The number of nitrogens with one attached hydrogen (secondary N) is 1. The minimum atomic E-state index is -1.42. The number of carbonyl (C=O) groups is 1. The van der Waals surface area contributed by atoms with Gasteiger partial charge in [-0.3, -0.25) is 0 Å². The second-order valence-corrected chi connectivity index (χ2v) is 5.46. The maximum Gasteiger partial charge on any atom is 0.333 e. The van der Waals surface area contributed by atoms with Crippen molar-refractivity contribution >= 4 is 27.6 Å². The van der Waals surface area contributed by atoms with E-state index in [4.69, 9.17) is 0 Å². The first-order chi connectivity index (χ1) is 9.43. The van der Waals surface area contributed by atoms with Crippen LogP contribution in [0.5, 0.6) is 0 Å². The molecule has 0 heterocycles. The van der Waals surface area contributed by atoms with E-state index in [9.17, 15) is 14.3 Å². The molecule has 1 unspecified atom stereocenters. The summed E-state index contributed by atoms with van der Waals surface area (Å²) in [7, 11) is 0. The summed E-state index contributed by atoms with van der Waals surface area (Å²) in [6.07, 6.45) is 0. The van der Waals surface area contributed by atoms with Crippen molar-refractivity contribution in [2.24, 2.45) is 0 Å². The van der Waals surface area contributed by atoms with E-state index in [2.05, 4.69) is 21.2 Å². The smallest absolute Gasteiger partial charge is 0.333 e. The van der Waals surface area contributed by atoms with E-state index in [0.717, 1.165) is 4.47 Å². The van der Waals surface area contributed by atoms with Gasteiger partial charge < -0.3 is 10.4 Å². The second kappa shape index (κ2) is 5.63. The van der Waals surface area contributed by atoms with Gasteiger partial charge in [-0.2, -0.15) is 0 Å². The fourth-order valence-electron chi connectivity index (χ4n) is 1.88. The van der Waals surface area contributed by atoms with Crippen molar-refractivity contribution in [3.05, 3.63) is 64.4 Å². The molecule has 0 radical (unpaired) electrons. The topological polar surface area (TPSA) is 49.3 Å². The Hall–Kier alpha value is -1.88. The van der Waals surface area contributed by atoms with Crippen molar-refractivity contribution < 1.29 is 14.3 Å². The maximum atomic E-state index is 13.7. The van der Waals surface area contributed by atoms with Gasteiger partial charge in [-0.05, 0) is 36.8 Å². The number of halogens is 2. The Labute approximate surface area is 124 Å². The fraction of sp³-hybridized carbons (Fsp3) is 0.133. The number of carboxylic acids is 1. The minimum absolute atomic E-state index is 0.150. The average molecular weight is 338 g/mol. The number of rotatable bonds is 4. The van der Waals surface area contributed by atoms with E-state index in [1.807, 2.05) is 0 Å². The third kappa shape index (κ3) is 2.82. The maximum absolute atomic E-state index is 13.7. The highest BCUT2D eigenvalue weighted by atomic mass is 79.9. The van der Waals surface area contributed by atoms with E-state index in [-0.39, 0.29) is 5.69 Å². The quantitative estimate of drug-likeness (QED) is 0.886. The first-order valence-corrected chi connectivity index (χ1v) is 6.75. The molecule has 2 rings (SSSR count). The van der Waals surface area contributed by atoms with Crippen LogP contribution in [0.15, 0.2) is 53.0 Å². The van der Waals surface area contributed by atoms with E-state index in [1.165, 1.54) is 19.1 Å². The molecule has 0 amide bonds. The molecule has 0 spiro atoms. The molecule has 0 saturated carbocycles. The summed E-state index contributed by atoms with van der Waals surface area (Å²) in [5.41, 5.74) is -0.744. The van der Waals surface area contributed by atoms with Gasteiger partial charge in [-0.15, -0.1) is 0 Å². The van der Waals surface area contributed by atoms with Crippen LogP contribution in [0.1, 0.15) is 12.5 Å². The molecule has 0 aliphatic carbocycles. The number of benzene rings is 2. The lowest BCUT2D eigenvalue weighted by atomic mass is 9.91. The number of carboxylic acid groups (broad SMARTS) is 1. The first-order valence-electron chi connectivity index (χ1n) is 5.95. The zero-order valence-corrected chi connectivity index (χ0v) is 12.3. The molecule has 0 bridgehead atoms. The lowest BCUT2D eigenvalue weighted by molar-refractivity contribution is -0.142. The Morgan fingerprint density at radius 3 is 2.55 bits per heavy atom. The van der Waals surface area contributed by atoms with Gasteiger partial charge >= 0.3 is 5.97 Å². The summed E-state index contributed by atoms with van der Waals surface area (Å²) >= 11 is 3.31. The summed E-state index contributed by atoms with van der Waals surface area (Å²) in [4.78, 5) is 11.6. The predicted octanol–water partition coefficient (Wildman–Crippen LogP) is 4.00. The van der Waals surface area contributed by atoms with Crippen molar-refractivity contribution in [2.75, 3.05) is 5.32 Å².